The quantitative estimate of drug-likeness (QED) is 0.625. The molecule has 0 unspecified atom stereocenters. The van der Waals surface area contributed by atoms with Crippen LogP contribution in [0, 0.1) is 15.9 Å². The van der Waals surface area contributed by atoms with Gasteiger partial charge >= 0.3 is 0 Å². The smallest absolute Gasteiger partial charge is 0.292 e. The summed E-state index contributed by atoms with van der Waals surface area (Å²) in [6, 6.07) is 9.34. The Labute approximate surface area is 121 Å². The van der Waals surface area contributed by atoms with E-state index in [1.54, 1.807) is 6.20 Å². The Bertz CT molecular complexity index is 659. The van der Waals surface area contributed by atoms with Gasteiger partial charge < -0.3 is 4.90 Å². The van der Waals surface area contributed by atoms with Crippen molar-refractivity contribution >= 4 is 11.4 Å². The SMILES string of the molecule is O=[N+]([O-])c1ccc(F)cc1N(Cc1ccccn1)C1CC1. The molecule has 0 radical (unpaired) electrons. The molecule has 0 aliphatic heterocycles. The highest BCUT2D eigenvalue weighted by molar-refractivity contribution is 5.64. The van der Waals surface area contributed by atoms with Crippen molar-refractivity contribution in [3.05, 3.63) is 64.2 Å². The predicted molar refractivity (Wildman–Crippen MR) is 76.5 cm³/mol. The Balaban J connectivity index is 1.98. The molecule has 1 aliphatic rings. The molecule has 108 valence electrons. The zero-order valence-corrected chi connectivity index (χ0v) is 11.3. The largest absolute Gasteiger partial charge is 0.357 e. The van der Waals surface area contributed by atoms with Crippen molar-refractivity contribution in [3.63, 3.8) is 0 Å². The van der Waals surface area contributed by atoms with Crippen LogP contribution in [0.2, 0.25) is 0 Å². The minimum absolute atomic E-state index is 0.0702. The lowest BCUT2D eigenvalue weighted by Gasteiger charge is -2.24. The van der Waals surface area contributed by atoms with E-state index in [4.69, 9.17) is 0 Å². The van der Waals surface area contributed by atoms with Crippen LogP contribution in [0.3, 0.4) is 0 Å². The summed E-state index contributed by atoms with van der Waals surface area (Å²) in [6.07, 6.45) is 3.60. The molecule has 1 saturated carbocycles. The summed E-state index contributed by atoms with van der Waals surface area (Å²) >= 11 is 0. The fourth-order valence-electron chi connectivity index (χ4n) is 2.34. The predicted octanol–water partition coefficient (Wildman–Crippen LogP) is 3.30. The number of rotatable bonds is 5. The van der Waals surface area contributed by atoms with E-state index in [2.05, 4.69) is 4.98 Å². The first kappa shape index (κ1) is 13.5. The van der Waals surface area contributed by atoms with Crippen LogP contribution in [0.4, 0.5) is 15.8 Å². The van der Waals surface area contributed by atoms with Gasteiger partial charge in [0.05, 0.1) is 17.2 Å². The average molecular weight is 287 g/mol. The molecular weight excluding hydrogens is 273 g/mol. The molecule has 6 heteroatoms. The van der Waals surface area contributed by atoms with Gasteiger partial charge in [0.15, 0.2) is 0 Å². The molecule has 21 heavy (non-hydrogen) atoms. The maximum atomic E-state index is 13.5. The number of nitro groups is 1. The van der Waals surface area contributed by atoms with Crippen LogP contribution in [0.1, 0.15) is 18.5 Å². The highest BCUT2D eigenvalue weighted by Gasteiger charge is 2.33. The first-order valence-electron chi connectivity index (χ1n) is 6.75. The number of hydrogen-bond donors (Lipinski definition) is 0. The van der Waals surface area contributed by atoms with Gasteiger partial charge in [0.25, 0.3) is 5.69 Å². The molecule has 1 aromatic heterocycles. The van der Waals surface area contributed by atoms with E-state index in [0.29, 0.717) is 12.2 Å². The van der Waals surface area contributed by atoms with Gasteiger partial charge in [0, 0.05) is 24.4 Å². The van der Waals surface area contributed by atoms with Crippen molar-refractivity contribution in [2.75, 3.05) is 4.90 Å². The highest BCUT2D eigenvalue weighted by Crippen LogP contribution is 2.38. The number of benzene rings is 1. The number of aromatic nitrogens is 1. The van der Waals surface area contributed by atoms with E-state index in [0.717, 1.165) is 24.6 Å². The number of pyridine rings is 1. The number of nitrogens with zero attached hydrogens (tertiary/aromatic N) is 3. The summed E-state index contributed by atoms with van der Waals surface area (Å²) in [5.41, 5.74) is 1.07. The topological polar surface area (TPSA) is 59.3 Å². The number of halogens is 1. The number of hydrogen-bond acceptors (Lipinski definition) is 4. The van der Waals surface area contributed by atoms with Crippen LogP contribution in [0.15, 0.2) is 42.6 Å². The van der Waals surface area contributed by atoms with Crippen LogP contribution in [-0.2, 0) is 6.54 Å². The molecule has 0 saturated heterocycles. The third-order valence-corrected chi connectivity index (χ3v) is 3.49. The molecule has 0 spiro atoms. The molecular formula is C15H14FN3O2. The zero-order valence-electron chi connectivity index (χ0n) is 11.3. The summed E-state index contributed by atoms with van der Waals surface area (Å²) in [5.74, 6) is -0.470. The zero-order chi connectivity index (χ0) is 14.8. The normalized spacial score (nSPS) is 14.0. The van der Waals surface area contributed by atoms with E-state index in [9.17, 15) is 14.5 Å². The molecule has 2 aromatic rings. The molecule has 5 nitrogen and oxygen atoms in total. The second kappa shape index (κ2) is 5.47. The van der Waals surface area contributed by atoms with E-state index >= 15 is 0 Å². The molecule has 1 heterocycles. The Morgan fingerprint density at radius 1 is 1.33 bits per heavy atom. The lowest BCUT2D eigenvalue weighted by Crippen LogP contribution is -2.26. The number of anilines is 1. The van der Waals surface area contributed by atoms with Gasteiger partial charge in [0.2, 0.25) is 0 Å². The monoisotopic (exact) mass is 287 g/mol. The fraction of sp³-hybridized carbons (Fsp3) is 0.267. The van der Waals surface area contributed by atoms with Crippen molar-refractivity contribution in [1.29, 1.82) is 0 Å². The van der Waals surface area contributed by atoms with Gasteiger partial charge in [0.1, 0.15) is 11.5 Å². The summed E-state index contributed by atoms with van der Waals surface area (Å²) in [4.78, 5) is 16.8. The maximum Gasteiger partial charge on any atom is 0.292 e. The third kappa shape index (κ3) is 2.99. The lowest BCUT2D eigenvalue weighted by atomic mass is 10.2. The van der Waals surface area contributed by atoms with Gasteiger partial charge in [-0.3, -0.25) is 15.1 Å². The Kier molecular flexibility index (Phi) is 3.51. The molecule has 0 amide bonds. The van der Waals surface area contributed by atoms with Crippen molar-refractivity contribution in [2.45, 2.75) is 25.4 Å². The molecule has 0 N–H and O–H groups in total. The molecule has 1 aromatic carbocycles. The Morgan fingerprint density at radius 2 is 2.14 bits per heavy atom. The van der Waals surface area contributed by atoms with Crippen LogP contribution >= 0.6 is 0 Å². The van der Waals surface area contributed by atoms with Crippen LogP contribution in [-0.4, -0.2) is 15.9 Å². The van der Waals surface area contributed by atoms with Gasteiger partial charge in [-0.1, -0.05) is 6.07 Å². The van der Waals surface area contributed by atoms with Crippen molar-refractivity contribution < 1.29 is 9.31 Å². The average Bonchev–Trinajstić information content (AvgIpc) is 3.30. The molecule has 0 bridgehead atoms. The lowest BCUT2D eigenvalue weighted by molar-refractivity contribution is -0.384. The van der Waals surface area contributed by atoms with Crippen LogP contribution in [0.5, 0.6) is 0 Å². The van der Waals surface area contributed by atoms with E-state index in [1.165, 1.54) is 12.1 Å². The summed E-state index contributed by atoms with van der Waals surface area (Å²) < 4.78 is 13.5. The molecule has 1 fully saturated rings. The molecule has 1 aliphatic carbocycles. The first-order valence-corrected chi connectivity index (χ1v) is 6.75. The number of nitro benzene ring substituents is 1. The minimum atomic E-state index is -0.470. The van der Waals surface area contributed by atoms with E-state index < -0.39 is 10.7 Å². The van der Waals surface area contributed by atoms with Gasteiger partial charge in [-0.05, 0) is 31.0 Å². The van der Waals surface area contributed by atoms with Crippen LogP contribution in [0.25, 0.3) is 0 Å². The maximum absolute atomic E-state index is 13.5. The summed E-state index contributed by atoms with van der Waals surface area (Å²) in [5, 5.41) is 11.2. The second-order valence-electron chi connectivity index (χ2n) is 5.07. The molecule has 3 rings (SSSR count). The Morgan fingerprint density at radius 3 is 2.76 bits per heavy atom. The Hall–Kier alpha value is -2.50. The van der Waals surface area contributed by atoms with Gasteiger partial charge in [-0.2, -0.15) is 0 Å². The fourth-order valence-corrected chi connectivity index (χ4v) is 2.34. The highest BCUT2D eigenvalue weighted by atomic mass is 19.1. The van der Waals surface area contributed by atoms with E-state index in [1.807, 2.05) is 23.1 Å². The van der Waals surface area contributed by atoms with Gasteiger partial charge in [-0.15, -0.1) is 0 Å². The van der Waals surface area contributed by atoms with Crippen molar-refractivity contribution in [1.82, 2.24) is 4.98 Å². The minimum Gasteiger partial charge on any atom is -0.357 e. The summed E-state index contributed by atoms with van der Waals surface area (Å²) in [7, 11) is 0. The standard InChI is InChI=1S/C15H14FN3O2/c16-11-4-7-14(19(20)21)15(9-11)18(13-5-6-13)10-12-3-1-2-8-17-12/h1-4,7-9,13H,5-6,10H2. The van der Waals surface area contributed by atoms with Crippen molar-refractivity contribution in [3.8, 4) is 0 Å². The van der Waals surface area contributed by atoms with Crippen molar-refractivity contribution in [2.24, 2.45) is 0 Å². The first-order chi connectivity index (χ1) is 10.1. The molecule has 0 atom stereocenters. The second-order valence-corrected chi connectivity index (χ2v) is 5.07. The van der Waals surface area contributed by atoms with Crippen LogP contribution < -0.4 is 4.90 Å². The third-order valence-electron chi connectivity index (χ3n) is 3.49. The summed E-state index contributed by atoms with van der Waals surface area (Å²) in [6.45, 7) is 0.440. The van der Waals surface area contributed by atoms with Gasteiger partial charge in [-0.25, -0.2) is 4.39 Å². The van der Waals surface area contributed by atoms with E-state index in [-0.39, 0.29) is 11.7 Å².